The zero-order valence-corrected chi connectivity index (χ0v) is 11.9. The highest BCUT2D eigenvalue weighted by Crippen LogP contribution is 2.33. The molecule has 0 bridgehead atoms. The highest BCUT2D eigenvalue weighted by Gasteiger charge is 2.15. The maximum atomic E-state index is 12.0. The zero-order valence-electron chi connectivity index (χ0n) is 11.9. The van der Waals surface area contributed by atoms with Gasteiger partial charge in [-0.05, 0) is 25.0 Å². The van der Waals surface area contributed by atoms with Crippen molar-refractivity contribution < 1.29 is 19.4 Å². The van der Waals surface area contributed by atoms with Crippen LogP contribution in [0.25, 0.3) is 0 Å². The van der Waals surface area contributed by atoms with Gasteiger partial charge in [-0.2, -0.15) is 0 Å². The number of hydrogen-bond acceptors (Lipinski definition) is 4. The van der Waals surface area contributed by atoms with E-state index in [-0.39, 0.29) is 12.5 Å². The fourth-order valence-corrected chi connectivity index (χ4v) is 1.86. The van der Waals surface area contributed by atoms with E-state index in [4.69, 9.17) is 14.6 Å². The van der Waals surface area contributed by atoms with Crippen LogP contribution in [-0.2, 0) is 6.42 Å². The van der Waals surface area contributed by atoms with Gasteiger partial charge in [-0.25, -0.2) is 0 Å². The van der Waals surface area contributed by atoms with E-state index in [9.17, 15) is 4.79 Å². The first-order chi connectivity index (χ1) is 9.67. The van der Waals surface area contributed by atoms with Crippen LogP contribution in [-0.4, -0.2) is 38.4 Å². The van der Waals surface area contributed by atoms with Gasteiger partial charge >= 0.3 is 0 Å². The highest BCUT2D eigenvalue weighted by atomic mass is 16.5. The molecule has 0 unspecified atom stereocenters. The van der Waals surface area contributed by atoms with Crippen LogP contribution in [0.2, 0.25) is 0 Å². The molecule has 20 heavy (non-hydrogen) atoms. The number of methoxy groups -OCH3 is 2. The van der Waals surface area contributed by atoms with Gasteiger partial charge in [0.2, 0.25) is 0 Å². The number of aliphatic hydroxyl groups is 1. The summed E-state index contributed by atoms with van der Waals surface area (Å²) in [4.78, 5) is 12.0. The minimum Gasteiger partial charge on any atom is -0.493 e. The van der Waals surface area contributed by atoms with Crippen LogP contribution in [0.1, 0.15) is 22.3 Å². The van der Waals surface area contributed by atoms with E-state index in [0.717, 1.165) is 5.56 Å². The van der Waals surface area contributed by atoms with Crippen molar-refractivity contribution in [3.63, 3.8) is 0 Å². The Kier molecular flexibility index (Phi) is 6.59. The fourth-order valence-electron chi connectivity index (χ4n) is 1.86. The number of nitrogens with one attached hydrogen (secondary N) is 1. The molecule has 0 spiro atoms. The van der Waals surface area contributed by atoms with Gasteiger partial charge in [0.25, 0.3) is 5.91 Å². The van der Waals surface area contributed by atoms with Crippen molar-refractivity contribution >= 4 is 5.91 Å². The quantitative estimate of drug-likeness (QED) is 0.559. The molecule has 0 aromatic heterocycles. The number of benzene rings is 1. The molecule has 2 N–H and O–H groups in total. The molecule has 1 rings (SSSR count). The predicted octanol–water partition coefficient (Wildman–Crippen LogP) is 1.54. The molecule has 1 aromatic rings. The summed E-state index contributed by atoms with van der Waals surface area (Å²) < 4.78 is 10.6. The van der Waals surface area contributed by atoms with Crippen LogP contribution in [0.5, 0.6) is 11.5 Å². The summed E-state index contributed by atoms with van der Waals surface area (Å²) in [5.74, 6) is 0.920. The monoisotopic (exact) mass is 279 g/mol. The third-order valence-corrected chi connectivity index (χ3v) is 2.80. The second-order valence-electron chi connectivity index (χ2n) is 4.20. The minimum atomic E-state index is -0.204. The Morgan fingerprint density at radius 3 is 2.70 bits per heavy atom. The normalized spacial score (nSPS) is 9.95. The van der Waals surface area contributed by atoms with Crippen molar-refractivity contribution in [3.05, 3.63) is 35.9 Å². The summed E-state index contributed by atoms with van der Waals surface area (Å²) in [7, 11) is 3.09. The van der Waals surface area contributed by atoms with Crippen LogP contribution in [0.15, 0.2) is 24.8 Å². The number of allylic oxidation sites excluding steroid dienone is 1. The summed E-state index contributed by atoms with van der Waals surface area (Å²) in [6.45, 7) is 4.18. The van der Waals surface area contributed by atoms with Gasteiger partial charge in [0.05, 0.1) is 14.2 Å². The molecule has 0 aliphatic heterocycles. The second-order valence-corrected chi connectivity index (χ2v) is 4.20. The van der Waals surface area contributed by atoms with E-state index < -0.39 is 0 Å². The van der Waals surface area contributed by atoms with E-state index in [0.29, 0.717) is 36.4 Å². The Bertz CT molecular complexity index is 471. The van der Waals surface area contributed by atoms with Crippen LogP contribution in [0.4, 0.5) is 0 Å². The van der Waals surface area contributed by atoms with Crippen LogP contribution in [0, 0.1) is 0 Å². The van der Waals surface area contributed by atoms with Crippen LogP contribution >= 0.6 is 0 Å². The van der Waals surface area contributed by atoms with Gasteiger partial charge in [0, 0.05) is 24.3 Å². The lowest BCUT2D eigenvalue weighted by Crippen LogP contribution is -2.25. The number of ether oxygens (including phenoxy) is 2. The summed E-state index contributed by atoms with van der Waals surface area (Å²) in [5, 5.41) is 11.5. The molecule has 0 saturated heterocycles. The molecule has 1 aromatic carbocycles. The van der Waals surface area contributed by atoms with Gasteiger partial charge in [-0.15, -0.1) is 6.58 Å². The Morgan fingerprint density at radius 1 is 1.40 bits per heavy atom. The highest BCUT2D eigenvalue weighted by molar-refractivity contribution is 5.95. The standard InChI is InChI=1S/C15H21NO4/c1-4-6-11-9-12(15(18)16-7-5-8-17)10-13(19-2)14(11)20-3/h4,9-10,17H,1,5-8H2,2-3H3,(H,16,18). The van der Waals surface area contributed by atoms with E-state index in [2.05, 4.69) is 11.9 Å². The fraction of sp³-hybridized carbons (Fsp3) is 0.400. The minimum absolute atomic E-state index is 0.0495. The lowest BCUT2D eigenvalue weighted by molar-refractivity contribution is 0.0950. The molecule has 0 saturated carbocycles. The number of carbonyl (C=O) groups excluding carboxylic acids is 1. The van der Waals surface area contributed by atoms with Crippen molar-refractivity contribution in [1.29, 1.82) is 0 Å². The number of hydrogen-bond donors (Lipinski definition) is 2. The van der Waals surface area contributed by atoms with Crippen molar-refractivity contribution in [2.75, 3.05) is 27.4 Å². The molecule has 0 radical (unpaired) electrons. The summed E-state index contributed by atoms with van der Waals surface area (Å²) in [5.41, 5.74) is 1.34. The van der Waals surface area contributed by atoms with Crippen molar-refractivity contribution in [2.45, 2.75) is 12.8 Å². The first kappa shape index (κ1) is 16.0. The maximum absolute atomic E-state index is 12.0. The summed E-state index contributed by atoms with van der Waals surface area (Å²) >= 11 is 0. The van der Waals surface area contributed by atoms with Gasteiger partial charge in [0.1, 0.15) is 0 Å². The molecule has 0 aliphatic carbocycles. The molecule has 110 valence electrons. The number of carbonyl (C=O) groups is 1. The van der Waals surface area contributed by atoms with Crippen LogP contribution in [0.3, 0.4) is 0 Å². The molecule has 5 heteroatoms. The second kappa shape index (κ2) is 8.22. The number of aliphatic hydroxyl groups excluding tert-OH is 1. The molecule has 5 nitrogen and oxygen atoms in total. The van der Waals surface area contributed by atoms with Gasteiger partial charge in [-0.3, -0.25) is 4.79 Å². The van der Waals surface area contributed by atoms with Gasteiger partial charge in [-0.1, -0.05) is 6.08 Å². The Labute approximate surface area is 119 Å². The van der Waals surface area contributed by atoms with Gasteiger partial charge < -0.3 is 19.9 Å². The first-order valence-corrected chi connectivity index (χ1v) is 6.42. The Balaban J connectivity index is 3.04. The lowest BCUT2D eigenvalue weighted by Gasteiger charge is -2.14. The maximum Gasteiger partial charge on any atom is 0.251 e. The molecular weight excluding hydrogens is 258 g/mol. The van der Waals surface area contributed by atoms with E-state index in [1.165, 1.54) is 7.11 Å². The summed E-state index contributed by atoms with van der Waals surface area (Å²) in [6.07, 6.45) is 2.85. The third kappa shape index (κ3) is 3.99. The SMILES string of the molecule is C=CCc1cc(C(=O)NCCCO)cc(OC)c1OC. The average Bonchev–Trinajstić information content (AvgIpc) is 2.46. The third-order valence-electron chi connectivity index (χ3n) is 2.80. The average molecular weight is 279 g/mol. The first-order valence-electron chi connectivity index (χ1n) is 6.42. The molecule has 0 aliphatic rings. The van der Waals surface area contributed by atoms with E-state index in [1.54, 1.807) is 25.3 Å². The predicted molar refractivity (Wildman–Crippen MR) is 77.5 cm³/mol. The lowest BCUT2D eigenvalue weighted by atomic mass is 10.0. The number of rotatable bonds is 8. The summed E-state index contributed by atoms with van der Waals surface area (Å²) in [6, 6.07) is 3.40. The van der Waals surface area contributed by atoms with Crippen molar-refractivity contribution in [1.82, 2.24) is 5.32 Å². The Morgan fingerprint density at radius 2 is 2.15 bits per heavy atom. The molecule has 0 fully saturated rings. The molecular formula is C15H21NO4. The van der Waals surface area contributed by atoms with E-state index >= 15 is 0 Å². The van der Waals surface area contributed by atoms with Crippen molar-refractivity contribution in [2.24, 2.45) is 0 Å². The number of amides is 1. The Hall–Kier alpha value is -2.01. The van der Waals surface area contributed by atoms with Gasteiger partial charge in [0.15, 0.2) is 11.5 Å². The molecule has 0 atom stereocenters. The zero-order chi connectivity index (χ0) is 15.0. The smallest absolute Gasteiger partial charge is 0.251 e. The van der Waals surface area contributed by atoms with E-state index in [1.807, 2.05) is 0 Å². The van der Waals surface area contributed by atoms with Crippen molar-refractivity contribution in [3.8, 4) is 11.5 Å². The topological polar surface area (TPSA) is 67.8 Å². The molecule has 0 heterocycles. The molecule has 1 amide bonds. The largest absolute Gasteiger partial charge is 0.493 e. The van der Waals surface area contributed by atoms with Crippen LogP contribution < -0.4 is 14.8 Å².